The molecule has 1 saturated heterocycles. The van der Waals surface area contributed by atoms with E-state index in [1.807, 2.05) is 11.4 Å². The minimum absolute atomic E-state index is 0.250. The van der Waals surface area contributed by atoms with Gasteiger partial charge in [-0.2, -0.15) is 0 Å². The van der Waals surface area contributed by atoms with E-state index in [4.69, 9.17) is 11.6 Å². The molecular formula is C13H16ClN3S. The molecule has 0 spiro atoms. The van der Waals surface area contributed by atoms with E-state index in [0.29, 0.717) is 5.15 Å². The molecule has 0 aliphatic carbocycles. The van der Waals surface area contributed by atoms with Gasteiger partial charge in [-0.25, -0.2) is 9.97 Å². The van der Waals surface area contributed by atoms with Crippen molar-refractivity contribution in [2.45, 2.75) is 38.8 Å². The number of hydrogen-bond acceptors (Lipinski definition) is 4. The van der Waals surface area contributed by atoms with Gasteiger partial charge >= 0.3 is 0 Å². The van der Waals surface area contributed by atoms with Crippen molar-refractivity contribution in [3.63, 3.8) is 0 Å². The lowest BCUT2D eigenvalue weighted by Crippen LogP contribution is -2.37. The maximum Gasteiger partial charge on any atom is 0.145 e. The molecule has 0 bridgehead atoms. The summed E-state index contributed by atoms with van der Waals surface area (Å²) in [5.74, 6) is 0.838. The van der Waals surface area contributed by atoms with Crippen LogP contribution in [0.1, 0.15) is 32.5 Å². The van der Waals surface area contributed by atoms with Gasteiger partial charge in [0.25, 0.3) is 0 Å². The molecule has 0 saturated carbocycles. The van der Waals surface area contributed by atoms with Crippen LogP contribution in [0.5, 0.6) is 0 Å². The van der Waals surface area contributed by atoms with Gasteiger partial charge in [0.2, 0.25) is 0 Å². The average Bonchev–Trinajstić information content (AvgIpc) is 2.87. The number of fused-ring (bicyclic) bond motifs is 1. The monoisotopic (exact) mass is 281 g/mol. The Morgan fingerprint density at radius 2 is 2.28 bits per heavy atom. The van der Waals surface area contributed by atoms with Gasteiger partial charge in [-0.05, 0) is 44.7 Å². The summed E-state index contributed by atoms with van der Waals surface area (Å²) in [5, 5.41) is 3.55. The molecule has 0 N–H and O–H groups in total. The fourth-order valence-corrected chi connectivity index (χ4v) is 3.65. The lowest BCUT2D eigenvalue weighted by Gasteiger charge is -2.30. The lowest BCUT2D eigenvalue weighted by molar-refractivity contribution is 0.162. The number of nitrogens with zero attached hydrogens (tertiary/aromatic N) is 3. The van der Waals surface area contributed by atoms with E-state index in [0.717, 1.165) is 29.1 Å². The Hall–Kier alpha value is -0.710. The summed E-state index contributed by atoms with van der Waals surface area (Å²) >= 11 is 7.82. The van der Waals surface area contributed by atoms with E-state index in [1.54, 1.807) is 11.3 Å². The third-order valence-corrected chi connectivity index (χ3v) is 4.82. The Morgan fingerprint density at radius 3 is 3.00 bits per heavy atom. The lowest BCUT2D eigenvalue weighted by atomic mass is 10.0. The molecule has 3 nitrogen and oxygen atoms in total. The highest BCUT2D eigenvalue weighted by Crippen LogP contribution is 2.30. The summed E-state index contributed by atoms with van der Waals surface area (Å²) in [6.45, 7) is 6.48. The maximum atomic E-state index is 6.20. The fraction of sp³-hybridized carbons (Fsp3) is 0.538. The van der Waals surface area contributed by atoms with Crippen LogP contribution < -0.4 is 0 Å². The Balaban J connectivity index is 1.91. The van der Waals surface area contributed by atoms with Gasteiger partial charge in [0.1, 0.15) is 15.8 Å². The van der Waals surface area contributed by atoms with E-state index in [1.165, 1.54) is 12.8 Å². The minimum Gasteiger partial charge on any atom is -0.291 e. The molecule has 1 aliphatic rings. The van der Waals surface area contributed by atoms with Crippen molar-refractivity contribution in [1.82, 2.24) is 14.9 Å². The Morgan fingerprint density at radius 1 is 1.44 bits per heavy atom. The fourth-order valence-electron chi connectivity index (χ4n) is 2.56. The van der Waals surface area contributed by atoms with Crippen molar-refractivity contribution < 1.29 is 0 Å². The molecule has 2 aromatic rings. The molecule has 18 heavy (non-hydrogen) atoms. The quantitative estimate of drug-likeness (QED) is 0.786. The maximum absolute atomic E-state index is 6.20. The molecule has 0 unspecified atom stereocenters. The molecule has 5 heteroatoms. The van der Waals surface area contributed by atoms with E-state index in [9.17, 15) is 0 Å². The number of hydrogen-bond donors (Lipinski definition) is 0. The minimum atomic E-state index is 0.250. The SMILES string of the molecule is CC1(C)CCCN1Cc1nc(Cl)c2ccsc2n1. The summed E-state index contributed by atoms with van der Waals surface area (Å²) < 4.78 is 0. The molecule has 3 heterocycles. The first-order valence-corrected chi connectivity index (χ1v) is 7.47. The van der Waals surface area contributed by atoms with Crippen molar-refractivity contribution >= 4 is 33.2 Å². The number of thiophene rings is 1. The molecule has 0 amide bonds. The second-order valence-corrected chi connectivity index (χ2v) is 6.66. The first-order valence-electron chi connectivity index (χ1n) is 6.21. The highest BCUT2D eigenvalue weighted by atomic mass is 35.5. The standard InChI is InChI=1S/C13H16ClN3S/c1-13(2)5-3-6-17(13)8-10-15-11(14)9-4-7-18-12(9)16-10/h4,7H,3,5-6,8H2,1-2H3. The summed E-state index contributed by atoms with van der Waals surface area (Å²) in [5.41, 5.74) is 0.250. The molecule has 3 rings (SSSR count). The first kappa shape index (κ1) is 12.3. The van der Waals surface area contributed by atoms with E-state index < -0.39 is 0 Å². The van der Waals surface area contributed by atoms with Crippen LogP contribution in [-0.4, -0.2) is 27.0 Å². The van der Waals surface area contributed by atoms with Crippen LogP contribution in [-0.2, 0) is 6.54 Å². The van der Waals surface area contributed by atoms with Crippen LogP contribution in [0.15, 0.2) is 11.4 Å². The predicted molar refractivity (Wildman–Crippen MR) is 76.1 cm³/mol. The van der Waals surface area contributed by atoms with Crippen LogP contribution in [0, 0.1) is 0 Å². The summed E-state index contributed by atoms with van der Waals surface area (Å²) in [6, 6.07) is 1.98. The number of halogens is 1. The number of likely N-dealkylation sites (tertiary alicyclic amines) is 1. The van der Waals surface area contributed by atoms with Crippen molar-refractivity contribution in [3.05, 3.63) is 22.4 Å². The highest BCUT2D eigenvalue weighted by Gasteiger charge is 2.32. The Labute approximate surface area is 116 Å². The molecule has 1 aliphatic heterocycles. The van der Waals surface area contributed by atoms with Gasteiger partial charge in [0.15, 0.2) is 0 Å². The van der Waals surface area contributed by atoms with Crippen LogP contribution in [0.2, 0.25) is 5.15 Å². The van der Waals surface area contributed by atoms with Gasteiger partial charge in [-0.1, -0.05) is 11.6 Å². The summed E-state index contributed by atoms with van der Waals surface area (Å²) in [4.78, 5) is 12.5. The van der Waals surface area contributed by atoms with Gasteiger partial charge in [-0.3, -0.25) is 4.90 Å². The van der Waals surface area contributed by atoms with Gasteiger partial charge in [0.05, 0.1) is 6.54 Å². The van der Waals surface area contributed by atoms with Gasteiger partial charge in [0, 0.05) is 10.9 Å². The zero-order valence-corrected chi connectivity index (χ0v) is 12.2. The van der Waals surface area contributed by atoms with Crippen LogP contribution in [0.3, 0.4) is 0 Å². The summed E-state index contributed by atoms with van der Waals surface area (Å²) in [7, 11) is 0. The van der Waals surface area contributed by atoms with Crippen LogP contribution in [0.4, 0.5) is 0 Å². The average molecular weight is 282 g/mol. The second-order valence-electron chi connectivity index (χ2n) is 5.41. The molecule has 0 radical (unpaired) electrons. The molecule has 0 aromatic carbocycles. The molecular weight excluding hydrogens is 266 g/mol. The summed E-state index contributed by atoms with van der Waals surface area (Å²) in [6.07, 6.45) is 2.49. The third-order valence-electron chi connectivity index (χ3n) is 3.73. The number of rotatable bonds is 2. The van der Waals surface area contributed by atoms with E-state index in [-0.39, 0.29) is 5.54 Å². The molecule has 96 valence electrons. The second kappa shape index (κ2) is 4.44. The van der Waals surface area contributed by atoms with Crippen LogP contribution in [0.25, 0.3) is 10.2 Å². The van der Waals surface area contributed by atoms with Gasteiger partial charge < -0.3 is 0 Å². The van der Waals surface area contributed by atoms with Crippen molar-refractivity contribution in [3.8, 4) is 0 Å². The van der Waals surface area contributed by atoms with E-state index >= 15 is 0 Å². The predicted octanol–water partition coefficient (Wildman–Crippen LogP) is 3.72. The normalized spacial score (nSPS) is 19.7. The van der Waals surface area contributed by atoms with Gasteiger partial charge in [-0.15, -0.1) is 11.3 Å². The number of aromatic nitrogens is 2. The Bertz CT molecular complexity index is 579. The zero-order valence-electron chi connectivity index (χ0n) is 10.6. The highest BCUT2D eigenvalue weighted by molar-refractivity contribution is 7.16. The molecule has 0 atom stereocenters. The first-order chi connectivity index (χ1) is 8.56. The van der Waals surface area contributed by atoms with E-state index in [2.05, 4.69) is 28.7 Å². The van der Waals surface area contributed by atoms with Crippen molar-refractivity contribution in [1.29, 1.82) is 0 Å². The molecule has 1 fully saturated rings. The van der Waals surface area contributed by atoms with Crippen LogP contribution >= 0.6 is 22.9 Å². The largest absolute Gasteiger partial charge is 0.291 e. The Kier molecular flexibility index (Phi) is 3.04. The van der Waals surface area contributed by atoms with Crippen molar-refractivity contribution in [2.75, 3.05) is 6.54 Å². The molecule has 2 aromatic heterocycles. The van der Waals surface area contributed by atoms with Crippen molar-refractivity contribution in [2.24, 2.45) is 0 Å². The topological polar surface area (TPSA) is 29.0 Å². The zero-order chi connectivity index (χ0) is 12.8. The third kappa shape index (κ3) is 2.13. The smallest absolute Gasteiger partial charge is 0.145 e.